The first kappa shape index (κ1) is 16.3. The Bertz CT molecular complexity index is 843. The van der Waals surface area contributed by atoms with Gasteiger partial charge in [0.15, 0.2) is 0 Å². The zero-order valence-corrected chi connectivity index (χ0v) is 15.2. The molecular formula is C18H16BrFN2S. The van der Waals surface area contributed by atoms with Crippen LogP contribution in [0.3, 0.4) is 0 Å². The molecule has 2 heterocycles. The zero-order valence-electron chi connectivity index (χ0n) is 12.7. The van der Waals surface area contributed by atoms with Crippen molar-refractivity contribution in [2.75, 3.05) is 0 Å². The van der Waals surface area contributed by atoms with Gasteiger partial charge in [0.1, 0.15) is 10.8 Å². The molecule has 0 amide bonds. The van der Waals surface area contributed by atoms with Gasteiger partial charge in [-0.1, -0.05) is 0 Å². The predicted octanol–water partition coefficient (Wildman–Crippen LogP) is 5.39. The molecule has 0 spiro atoms. The van der Waals surface area contributed by atoms with Gasteiger partial charge in [-0.25, -0.2) is 9.37 Å². The maximum absolute atomic E-state index is 13.0. The molecule has 23 heavy (non-hydrogen) atoms. The van der Waals surface area contributed by atoms with E-state index in [1.54, 1.807) is 23.5 Å². The fourth-order valence-electron chi connectivity index (χ4n) is 3.08. The molecule has 0 N–H and O–H groups in total. The summed E-state index contributed by atoms with van der Waals surface area (Å²) in [6.07, 6.45) is 5.44. The smallest absolute Gasteiger partial charge is 0.126 e. The van der Waals surface area contributed by atoms with Crippen LogP contribution in [0.1, 0.15) is 23.2 Å². The fraction of sp³-hybridized carbons (Fsp3) is 0.222. The average molecular weight is 391 g/mol. The molecule has 1 aliphatic rings. The van der Waals surface area contributed by atoms with Gasteiger partial charge in [-0.2, -0.15) is 0 Å². The molecule has 0 radical (unpaired) electrons. The van der Waals surface area contributed by atoms with Gasteiger partial charge in [-0.15, -0.1) is 28.3 Å². The molecule has 0 saturated carbocycles. The van der Waals surface area contributed by atoms with E-state index >= 15 is 0 Å². The number of nitrogens with zero attached hydrogens (tertiary/aromatic N) is 2. The molecule has 2 nitrogen and oxygen atoms in total. The SMILES string of the molecule is Br.Cc1ncc2c(c1-c1nc(-c3ccc(F)cc3)cs1)CCC2. The minimum absolute atomic E-state index is 0. The molecule has 0 saturated heterocycles. The van der Waals surface area contributed by atoms with E-state index in [0.717, 1.165) is 34.8 Å². The van der Waals surface area contributed by atoms with Crippen LogP contribution in [-0.4, -0.2) is 9.97 Å². The largest absolute Gasteiger partial charge is 0.261 e. The summed E-state index contributed by atoms with van der Waals surface area (Å²) in [5.74, 6) is -0.222. The lowest BCUT2D eigenvalue weighted by Gasteiger charge is -2.08. The van der Waals surface area contributed by atoms with Crippen LogP contribution in [0, 0.1) is 12.7 Å². The summed E-state index contributed by atoms with van der Waals surface area (Å²) in [7, 11) is 0. The van der Waals surface area contributed by atoms with Crippen molar-refractivity contribution < 1.29 is 4.39 Å². The Morgan fingerprint density at radius 3 is 2.70 bits per heavy atom. The number of rotatable bonds is 2. The minimum atomic E-state index is -0.222. The van der Waals surface area contributed by atoms with Crippen molar-refractivity contribution in [3.63, 3.8) is 0 Å². The van der Waals surface area contributed by atoms with Crippen LogP contribution < -0.4 is 0 Å². The average Bonchev–Trinajstić information content (AvgIpc) is 3.17. The van der Waals surface area contributed by atoms with Crippen molar-refractivity contribution in [3.05, 3.63) is 58.5 Å². The van der Waals surface area contributed by atoms with Gasteiger partial charge in [0.2, 0.25) is 0 Å². The Balaban J connectivity index is 0.00000156. The molecule has 0 atom stereocenters. The highest BCUT2D eigenvalue weighted by Crippen LogP contribution is 2.37. The number of pyridine rings is 1. The van der Waals surface area contributed by atoms with E-state index in [1.807, 2.05) is 18.5 Å². The van der Waals surface area contributed by atoms with Crippen molar-refractivity contribution in [3.8, 4) is 21.8 Å². The highest BCUT2D eigenvalue weighted by atomic mass is 79.9. The van der Waals surface area contributed by atoms with Crippen molar-refractivity contribution in [1.82, 2.24) is 9.97 Å². The first-order valence-electron chi connectivity index (χ1n) is 7.41. The molecule has 3 aromatic rings. The number of thiazole rings is 1. The van der Waals surface area contributed by atoms with E-state index in [2.05, 4.69) is 4.98 Å². The van der Waals surface area contributed by atoms with Crippen LogP contribution in [0.15, 0.2) is 35.8 Å². The summed E-state index contributed by atoms with van der Waals surface area (Å²) in [6, 6.07) is 6.49. The summed E-state index contributed by atoms with van der Waals surface area (Å²) in [5.41, 5.74) is 6.86. The second-order valence-corrected chi connectivity index (χ2v) is 6.48. The van der Waals surface area contributed by atoms with Gasteiger partial charge in [-0.3, -0.25) is 4.98 Å². The van der Waals surface area contributed by atoms with Crippen molar-refractivity contribution in [2.24, 2.45) is 0 Å². The molecule has 0 aliphatic heterocycles. The molecule has 118 valence electrons. The van der Waals surface area contributed by atoms with Gasteiger partial charge in [0.25, 0.3) is 0 Å². The third kappa shape index (κ3) is 2.95. The van der Waals surface area contributed by atoms with Crippen LogP contribution in [0.4, 0.5) is 4.39 Å². The van der Waals surface area contributed by atoms with Gasteiger partial charge < -0.3 is 0 Å². The van der Waals surface area contributed by atoms with Crippen LogP contribution >= 0.6 is 28.3 Å². The maximum atomic E-state index is 13.0. The lowest BCUT2D eigenvalue weighted by atomic mass is 10.0. The van der Waals surface area contributed by atoms with Crippen LogP contribution in [-0.2, 0) is 12.8 Å². The second-order valence-electron chi connectivity index (χ2n) is 5.62. The van der Waals surface area contributed by atoms with E-state index in [1.165, 1.54) is 35.2 Å². The Morgan fingerprint density at radius 1 is 1.13 bits per heavy atom. The first-order chi connectivity index (χ1) is 10.7. The van der Waals surface area contributed by atoms with E-state index in [0.29, 0.717) is 0 Å². The number of hydrogen-bond donors (Lipinski definition) is 0. The number of aryl methyl sites for hydroxylation is 2. The lowest BCUT2D eigenvalue weighted by molar-refractivity contribution is 0.628. The first-order valence-corrected chi connectivity index (χ1v) is 8.29. The van der Waals surface area contributed by atoms with Gasteiger partial charge in [0, 0.05) is 28.4 Å². The summed E-state index contributed by atoms with van der Waals surface area (Å²) in [6.45, 7) is 2.05. The third-order valence-electron chi connectivity index (χ3n) is 4.20. The maximum Gasteiger partial charge on any atom is 0.126 e. The normalized spacial score (nSPS) is 12.8. The topological polar surface area (TPSA) is 25.8 Å². The highest BCUT2D eigenvalue weighted by molar-refractivity contribution is 8.93. The number of hydrogen-bond acceptors (Lipinski definition) is 3. The molecule has 2 aromatic heterocycles. The zero-order chi connectivity index (χ0) is 15.1. The number of benzene rings is 1. The summed E-state index contributed by atoms with van der Waals surface area (Å²) in [5, 5.41) is 3.05. The number of fused-ring (bicyclic) bond motifs is 1. The van der Waals surface area contributed by atoms with Gasteiger partial charge in [0.05, 0.1) is 5.69 Å². The second kappa shape index (κ2) is 6.49. The molecule has 5 heteroatoms. The predicted molar refractivity (Wildman–Crippen MR) is 97.8 cm³/mol. The summed E-state index contributed by atoms with van der Waals surface area (Å²) in [4.78, 5) is 9.31. The Labute approximate surface area is 149 Å². The van der Waals surface area contributed by atoms with E-state index in [4.69, 9.17) is 4.98 Å². The summed E-state index contributed by atoms with van der Waals surface area (Å²) >= 11 is 1.64. The standard InChI is InChI=1S/C18H15FN2S.BrH/c1-11-17(15-4-2-3-13(15)9-20-11)18-21-16(10-22-18)12-5-7-14(19)8-6-12;/h5-10H,2-4H2,1H3;1H. The molecule has 4 rings (SSSR count). The van der Waals surface area contributed by atoms with Gasteiger partial charge >= 0.3 is 0 Å². The Hall–Kier alpha value is -1.59. The van der Waals surface area contributed by atoms with Crippen molar-refractivity contribution in [2.45, 2.75) is 26.2 Å². The summed E-state index contributed by atoms with van der Waals surface area (Å²) < 4.78 is 13.0. The Kier molecular flexibility index (Phi) is 4.60. The van der Waals surface area contributed by atoms with Crippen LogP contribution in [0.2, 0.25) is 0 Å². The minimum Gasteiger partial charge on any atom is -0.261 e. The molecule has 1 aliphatic carbocycles. The van der Waals surface area contributed by atoms with E-state index < -0.39 is 0 Å². The van der Waals surface area contributed by atoms with E-state index in [-0.39, 0.29) is 22.8 Å². The molecule has 0 fully saturated rings. The third-order valence-corrected chi connectivity index (χ3v) is 5.06. The number of halogens is 2. The van der Waals surface area contributed by atoms with Crippen molar-refractivity contribution >= 4 is 28.3 Å². The van der Waals surface area contributed by atoms with Crippen molar-refractivity contribution in [1.29, 1.82) is 0 Å². The molecule has 0 unspecified atom stereocenters. The number of aromatic nitrogens is 2. The van der Waals surface area contributed by atoms with E-state index in [9.17, 15) is 4.39 Å². The molecule has 0 bridgehead atoms. The Morgan fingerprint density at radius 2 is 1.91 bits per heavy atom. The lowest BCUT2D eigenvalue weighted by Crippen LogP contribution is -1.95. The highest BCUT2D eigenvalue weighted by Gasteiger charge is 2.20. The fourth-order valence-corrected chi connectivity index (χ4v) is 4.03. The quantitative estimate of drug-likeness (QED) is 0.586. The molecular weight excluding hydrogens is 375 g/mol. The molecule has 1 aromatic carbocycles. The monoisotopic (exact) mass is 390 g/mol. The van der Waals surface area contributed by atoms with Crippen LogP contribution in [0.5, 0.6) is 0 Å². The van der Waals surface area contributed by atoms with Crippen LogP contribution in [0.25, 0.3) is 21.8 Å². The van der Waals surface area contributed by atoms with Gasteiger partial charge in [-0.05, 0) is 61.6 Å².